The first-order valence-corrected chi connectivity index (χ1v) is 7.85. The summed E-state index contributed by atoms with van der Waals surface area (Å²) in [6.45, 7) is 1.63. The molecule has 0 aliphatic rings. The van der Waals surface area contributed by atoms with Crippen molar-refractivity contribution in [2.24, 2.45) is 5.10 Å². The van der Waals surface area contributed by atoms with Crippen LogP contribution >= 0.6 is 11.6 Å². The Morgan fingerprint density at radius 2 is 1.76 bits per heavy atom. The molecule has 132 valence electrons. The topological polar surface area (TPSA) is 69.2 Å². The number of methoxy groups -OCH3 is 2. The van der Waals surface area contributed by atoms with Crippen LogP contribution < -0.4 is 19.6 Å². The average Bonchev–Trinajstić information content (AvgIpc) is 2.64. The molecule has 0 radical (unpaired) electrons. The van der Waals surface area contributed by atoms with Crippen molar-refractivity contribution in [3.63, 3.8) is 0 Å². The maximum atomic E-state index is 11.8. The Kier molecular flexibility index (Phi) is 6.65. The minimum atomic E-state index is -0.366. The summed E-state index contributed by atoms with van der Waals surface area (Å²) in [7, 11) is 3.13. The molecule has 0 aliphatic heterocycles. The van der Waals surface area contributed by atoms with E-state index in [1.807, 2.05) is 6.07 Å². The number of hydrogen-bond donors (Lipinski definition) is 1. The second-order valence-corrected chi connectivity index (χ2v) is 5.48. The van der Waals surface area contributed by atoms with Gasteiger partial charge in [0.2, 0.25) is 0 Å². The lowest BCUT2D eigenvalue weighted by Gasteiger charge is -2.09. The molecule has 2 aromatic carbocycles. The molecule has 1 amide bonds. The lowest BCUT2D eigenvalue weighted by atomic mass is 10.1. The molecule has 0 unspecified atom stereocenters. The number of hydrogen-bond acceptors (Lipinski definition) is 5. The lowest BCUT2D eigenvalue weighted by Crippen LogP contribution is -2.25. The van der Waals surface area contributed by atoms with Crippen LogP contribution in [-0.2, 0) is 4.79 Å². The number of benzene rings is 2. The Bertz CT molecular complexity index is 760. The van der Waals surface area contributed by atoms with Gasteiger partial charge in [0.1, 0.15) is 5.75 Å². The van der Waals surface area contributed by atoms with Gasteiger partial charge in [-0.15, -0.1) is 0 Å². The van der Waals surface area contributed by atoms with Crippen LogP contribution in [0.15, 0.2) is 47.6 Å². The number of halogens is 1. The maximum Gasteiger partial charge on any atom is 0.277 e. The van der Waals surface area contributed by atoms with E-state index in [2.05, 4.69) is 10.5 Å². The van der Waals surface area contributed by atoms with Gasteiger partial charge in [0.25, 0.3) is 5.91 Å². The largest absolute Gasteiger partial charge is 0.493 e. The van der Waals surface area contributed by atoms with Crippen molar-refractivity contribution < 1.29 is 19.0 Å². The molecule has 7 heteroatoms. The van der Waals surface area contributed by atoms with Crippen molar-refractivity contribution in [3.05, 3.63) is 53.1 Å². The third kappa shape index (κ3) is 5.39. The van der Waals surface area contributed by atoms with Crippen molar-refractivity contribution in [1.29, 1.82) is 0 Å². The van der Waals surface area contributed by atoms with E-state index in [-0.39, 0.29) is 12.5 Å². The molecule has 0 atom stereocenters. The normalized spacial score (nSPS) is 11.0. The van der Waals surface area contributed by atoms with E-state index < -0.39 is 0 Å². The highest BCUT2D eigenvalue weighted by molar-refractivity contribution is 6.30. The second kappa shape index (κ2) is 8.94. The molecule has 2 aromatic rings. The molecule has 0 aliphatic carbocycles. The summed E-state index contributed by atoms with van der Waals surface area (Å²) in [5.41, 5.74) is 3.88. The molecule has 0 bridgehead atoms. The fraction of sp³-hybridized carbons (Fsp3) is 0.222. The Labute approximate surface area is 151 Å². The molecular formula is C18H19ClN2O4. The first-order chi connectivity index (χ1) is 12.0. The van der Waals surface area contributed by atoms with Crippen molar-refractivity contribution >= 4 is 23.2 Å². The molecule has 0 saturated heterocycles. The Hall–Kier alpha value is -2.73. The standard InChI is InChI=1S/C18H19ClN2O4/c1-12(13-4-9-16(23-2)17(10-13)24-3)20-21-18(22)11-25-15-7-5-14(19)6-8-15/h4-10H,11H2,1-3H3,(H,21,22)/b20-12-. The van der Waals surface area contributed by atoms with Crippen LogP contribution in [-0.4, -0.2) is 32.4 Å². The van der Waals surface area contributed by atoms with Crippen LogP contribution in [0.1, 0.15) is 12.5 Å². The number of rotatable bonds is 7. The minimum Gasteiger partial charge on any atom is -0.493 e. The van der Waals surface area contributed by atoms with Gasteiger partial charge in [0.15, 0.2) is 18.1 Å². The van der Waals surface area contributed by atoms with Crippen LogP contribution in [0.2, 0.25) is 5.02 Å². The second-order valence-electron chi connectivity index (χ2n) is 5.04. The summed E-state index contributed by atoms with van der Waals surface area (Å²) in [4.78, 5) is 11.8. The van der Waals surface area contributed by atoms with E-state index >= 15 is 0 Å². The van der Waals surface area contributed by atoms with E-state index in [0.29, 0.717) is 28.0 Å². The highest BCUT2D eigenvalue weighted by atomic mass is 35.5. The molecule has 2 rings (SSSR count). The quantitative estimate of drug-likeness (QED) is 0.606. The maximum absolute atomic E-state index is 11.8. The Morgan fingerprint density at radius 3 is 2.40 bits per heavy atom. The third-order valence-corrected chi connectivity index (χ3v) is 3.59. The molecule has 6 nitrogen and oxygen atoms in total. The van der Waals surface area contributed by atoms with Crippen molar-refractivity contribution in [2.45, 2.75) is 6.92 Å². The number of ether oxygens (including phenoxy) is 3. The number of hydrazone groups is 1. The number of nitrogens with one attached hydrogen (secondary N) is 1. The van der Waals surface area contributed by atoms with E-state index in [1.54, 1.807) is 57.5 Å². The van der Waals surface area contributed by atoms with Gasteiger partial charge in [0, 0.05) is 10.6 Å². The highest BCUT2D eigenvalue weighted by Crippen LogP contribution is 2.27. The molecular weight excluding hydrogens is 344 g/mol. The number of carbonyl (C=O) groups excluding carboxylic acids is 1. The monoisotopic (exact) mass is 362 g/mol. The summed E-state index contributed by atoms with van der Waals surface area (Å²) >= 11 is 5.79. The van der Waals surface area contributed by atoms with Gasteiger partial charge >= 0.3 is 0 Å². The van der Waals surface area contributed by atoms with Crippen LogP contribution in [0.25, 0.3) is 0 Å². The first-order valence-electron chi connectivity index (χ1n) is 7.47. The summed E-state index contributed by atoms with van der Waals surface area (Å²) in [5.74, 6) is 1.40. The smallest absolute Gasteiger partial charge is 0.277 e. The summed E-state index contributed by atoms with van der Waals surface area (Å²) in [6.07, 6.45) is 0. The van der Waals surface area contributed by atoms with Gasteiger partial charge in [-0.3, -0.25) is 4.79 Å². The zero-order valence-electron chi connectivity index (χ0n) is 14.2. The molecule has 0 aromatic heterocycles. The van der Waals surface area contributed by atoms with Crippen LogP contribution in [0.4, 0.5) is 0 Å². The molecule has 25 heavy (non-hydrogen) atoms. The first kappa shape index (κ1) is 18.6. The predicted molar refractivity (Wildman–Crippen MR) is 96.8 cm³/mol. The van der Waals surface area contributed by atoms with Gasteiger partial charge in [-0.1, -0.05) is 11.6 Å². The average molecular weight is 363 g/mol. The van der Waals surface area contributed by atoms with E-state index in [0.717, 1.165) is 5.56 Å². The van der Waals surface area contributed by atoms with E-state index in [1.165, 1.54) is 0 Å². The Morgan fingerprint density at radius 1 is 1.08 bits per heavy atom. The molecule has 1 N–H and O–H groups in total. The van der Waals surface area contributed by atoms with E-state index in [9.17, 15) is 4.79 Å². The SMILES string of the molecule is COc1ccc(/C(C)=N\NC(=O)COc2ccc(Cl)cc2)cc1OC. The van der Waals surface area contributed by atoms with E-state index in [4.69, 9.17) is 25.8 Å². The van der Waals surface area contributed by atoms with Gasteiger partial charge in [-0.2, -0.15) is 5.10 Å². The Balaban J connectivity index is 1.93. The van der Waals surface area contributed by atoms with Gasteiger partial charge in [0.05, 0.1) is 19.9 Å². The van der Waals surface area contributed by atoms with Crippen molar-refractivity contribution in [2.75, 3.05) is 20.8 Å². The molecule has 0 saturated carbocycles. The molecule has 0 spiro atoms. The number of amides is 1. The van der Waals surface area contributed by atoms with Gasteiger partial charge in [-0.25, -0.2) is 5.43 Å². The van der Waals surface area contributed by atoms with Crippen molar-refractivity contribution in [3.8, 4) is 17.2 Å². The van der Waals surface area contributed by atoms with Gasteiger partial charge < -0.3 is 14.2 Å². The van der Waals surface area contributed by atoms with Gasteiger partial charge in [-0.05, 0) is 49.4 Å². The fourth-order valence-corrected chi connectivity index (χ4v) is 2.11. The molecule has 0 heterocycles. The van der Waals surface area contributed by atoms with Crippen LogP contribution in [0, 0.1) is 0 Å². The summed E-state index contributed by atoms with van der Waals surface area (Å²) < 4.78 is 15.8. The molecule has 0 fully saturated rings. The lowest BCUT2D eigenvalue weighted by molar-refractivity contribution is -0.123. The predicted octanol–water partition coefficient (Wildman–Crippen LogP) is 3.28. The van der Waals surface area contributed by atoms with Crippen LogP contribution in [0.5, 0.6) is 17.2 Å². The summed E-state index contributed by atoms with van der Waals surface area (Å²) in [6, 6.07) is 12.1. The zero-order valence-corrected chi connectivity index (χ0v) is 15.0. The van der Waals surface area contributed by atoms with Crippen molar-refractivity contribution in [1.82, 2.24) is 5.43 Å². The summed E-state index contributed by atoms with van der Waals surface area (Å²) in [5, 5.41) is 4.67. The minimum absolute atomic E-state index is 0.148. The zero-order chi connectivity index (χ0) is 18.2. The highest BCUT2D eigenvalue weighted by Gasteiger charge is 2.07. The third-order valence-electron chi connectivity index (χ3n) is 3.33. The fourth-order valence-electron chi connectivity index (χ4n) is 1.98. The van der Waals surface area contributed by atoms with Crippen LogP contribution in [0.3, 0.4) is 0 Å². The number of carbonyl (C=O) groups is 1. The number of nitrogens with zero attached hydrogens (tertiary/aromatic N) is 1.